The molecule has 2 aliphatic rings. The molecule has 0 bridgehead atoms. The third-order valence-corrected chi connectivity index (χ3v) is 5.88. The molecule has 0 unspecified atom stereocenters. The van der Waals surface area contributed by atoms with Gasteiger partial charge < -0.3 is 5.32 Å². The first-order chi connectivity index (χ1) is 9.97. The maximum Gasteiger partial charge on any atom is 0.243 e. The molecule has 1 heterocycles. The van der Waals surface area contributed by atoms with E-state index in [0.29, 0.717) is 19.1 Å². The molecular formula is C14H24N4O2S. The van der Waals surface area contributed by atoms with Crippen LogP contribution in [0.15, 0.2) is 17.3 Å². The van der Waals surface area contributed by atoms with Crippen molar-refractivity contribution in [1.29, 1.82) is 0 Å². The highest BCUT2D eigenvalue weighted by molar-refractivity contribution is 7.89. The Labute approximate surface area is 126 Å². The summed E-state index contributed by atoms with van der Waals surface area (Å²) in [6.07, 6.45) is 8.94. The third kappa shape index (κ3) is 3.84. The highest BCUT2D eigenvalue weighted by Crippen LogP contribution is 2.39. The zero-order chi connectivity index (χ0) is 14.9. The Morgan fingerprint density at radius 2 is 2.19 bits per heavy atom. The molecular weight excluding hydrogens is 288 g/mol. The predicted molar refractivity (Wildman–Crippen MR) is 80.4 cm³/mol. The van der Waals surface area contributed by atoms with Crippen LogP contribution in [0, 0.1) is 5.41 Å². The molecule has 6 nitrogen and oxygen atoms in total. The number of sulfonamides is 1. The summed E-state index contributed by atoms with van der Waals surface area (Å²) in [4.78, 5) is 0.261. The Hall–Kier alpha value is -0.920. The molecule has 118 valence electrons. The van der Waals surface area contributed by atoms with Gasteiger partial charge in [-0.15, -0.1) is 0 Å². The fraction of sp³-hybridized carbons (Fsp3) is 0.786. The van der Waals surface area contributed by atoms with Crippen LogP contribution in [0.25, 0.3) is 0 Å². The van der Waals surface area contributed by atoms with Gasteiger partial charge >= 0.3 is 0 Å². The number of nitrogens with zero attached hydrogens (tertiary/aromatic N) is 2. The van der Waals surface area contributed by atoms with E-state index < -0.39 is 10.0 Å². The number of rotatable bonds is 8. The van der Waals surface area contributed by atoms with E-state index in [4.69, 9.17) is 0 Å². The minimum Gasteiger partial charge on any atom is -0.312 e. The van der Waals surface area contributed by atoms with Crippen molar-refractivity contribution < 1.29 is 8.42 Å². The van der Waals surface area contributed by atoms with Crippen molar-refractivity contribution in [2.24, 2.45) is 5.41 Å². The standard InChI is InChI=1S/C14H24N4O2S/c1-14(5-2-6-14)11-17-21(19,20)13-9-16-18(10-13)8-7-15-12-3-4-12/h9-10,12,15,17H,2-8,11H2,1H3. The van der Waals surface area contributed by atoms with Gasteiger partial charge in [-0.1, -0.05) is 13.3 Å². The lowest BCUT2D eigenvalue weighted by atomic mass is 9.71. The molecule has 0 aliphatic heterocycles. The summed E-state index contributed by atoms with van der Waals surface area (Å²) in [6.45, 7) is 4.18. The van der Waals surface area contributed by atoms with Gasteiger partial charge in [0.2, 0.25) is 10.0 Å². The van der Waals surface area contributed by atoms with Gasteiger partial charge in [-0.3, -0.25) is 4.68 Å². The van der Waals surface area contributed by atoms with Gasteiger partial charge in [0.15, 0.2) is 0 Å². The Balaban J connectivity index is 1.52. The minimum absolute atomic E-state index is 0.136. The van der Waals surface area contributed by atoms with E-state index in [-0.39, 0.29) is 10.3 Å². The summed E-state index contributed by atoms with van der Waals surface area (Å²) >= 11 is 0. The highest BCUT2D eigenvalue weighted by atomic mass is 32.2. The summed E-state index contributed by atoms with van der Waals surface area (Å²) < 4.78 is 28.9. The fourth-order valence-electron chi connectivity index (χ4n) is 2.59. The molecule has 2 aliphatic carbocycles. The van der Waals surface area contributed by atoms with Crippen LogP contribution in [0.4, 0.5) is 0 Å². The Kier molecular flexibility index (Phi) is 4.07. The molecule has 3 rings (SSSR count). The molecule has 0 aromatic carbocycles. The third-order valence-electron chi connectivity index (χ3n) is 4.52. The molecule has 2 fully saturated rings. The second-order valence-electron chi connectivity index (χ2n) is 6.66. The van der Waals surface area contributed by atoms with E-state index >= 15 is 0 Å². The van der Waals surface area contributed by atoms with Crippen molar-refractivity contribution in [3.63, 3.8) is 0 Å². The maximum absolute atomic E-state index is 12.2. The van der Waals surface area contributed by atoms with Gasteiger partial charge in [0, 0.05) is 25.3 Å². The highest BCUT2D eigenvalue weighted by Gasteiger charge is 2.33. The second-order valence-corrected chi connectivity index (χ2v) is 8.42. The quantitative estimate of drug-likeness (QED) is 0.754. The minimum atomic E-state index is -3.43. The zero-order valence-corrected chi connectivity index (χ0v) is 13.3. The summed E-state index contributed by atoms with van der Waals surface area (Å²) in [5.74, 6) is 0. The fourth-order valence-corrected chi connectivity index (χ4v) is 3.74. The van der Waals surface area contributed by atoms with Crippen molar-refractivity contribution in [3.8, 4) is 0 Å². The van der Waals surface area contributed by atoms with Crippen LogP contribution < -0.4 is 10.0 Å². The Morgan fingerprint density at radius 3 is 2.81 bits per heavy atom. The Bertz CT molecular complexity index is 588. The maximum atomic E-state index is 12.2. The molecule has 21 heavy (non-hydrogen) atoms. The second kappa shape index (κ2) is 5.70. The molecule has 1 aromatic rings. The van der Waals surface area contributed by atoms with Crippen molar-refractivity contribution in [3.05, 3.63) is 12.4 Å². The molecule has 0 amide bonds. The lowest BCUT2D eigenvalue weighted by molar-refractivity contribution is 0.166. The van der Waals surface area contributed by atoms with E-state index in [1.165, 1.54) is 25.5 Å². The predicted octanol–water partition coefficient (Wildman–Crippen LogP) is 1.10. The monoisotopic (exact) mass is 312 g/mol. The van der Waals surface area contributed by atoms with Crippen LogP contribution in [0.2, 0.25) is 0 Å². The average molecular weight is 312 g/mol. The Morgan fingerprint density at radius 1 is 1.43 bits per heavy atom. The number of nitrogens with one attached hydrogen (secondary N) is 2. The van der Waals surface area contributed by atoms with Gasteiger partial charge in [0.25, 0.3) is 0 Å². The van der Waals surface area contributed by atoms with Gasteiger partial charge in [-0.25, -0.2) is 13.1 Å². The number of hydrogen-bond donors (Lipinski definition) is 2. The van der Waals surface area contributed by atoms with Gasteiger partial charge in [0.1, 0.15) is 4.90 Å². The average Bonchev–Trinajstić information content (AvgIpc) is 3.10. The van der Waals surface area contributed by atoms with Crippen molar-refractivity contribution >= 4 is 10.0 Å². The van der Waals surface area contributed by atoms with Crippen molar-refractivity contribution in [1.82, 2.24) is 19.8 Å². The summed E-state index contributed by atoms with van der Waals surface area (Å²) in [5, 5.41) is 7.52. The smallest absolute Gasteiger partial charge is 0.243 e. The normalized spacial score (nSPS) is 21.2. The number of aromatic nitrogens is 2. The van der Waals surface area contributed by atoms with E-state index in [0.717, 1.165) is 19.4 Å². The van der Waals surface area contributed by atoms with Crippen LogP contribution in [0.1, 0.15) is 39.0 Å². The first kappa shape index (κ1) is 15.0. The number of hydrogen-bond acceptors (Lipinski definition) is 4. The van der Waals surface area contributed by atoms with Gasteiger partial charge in [-0.05, 0) is 31.1 Å². The molecule has 2 N–H and O–H groups in total. The molecule has 0 spiro atoms. The lowest BCUT2D eigenvalue weighted by Gasteiger charge is -2.38. The van der Waals surface area contributed by atoms with Crippen LogP contribution in [-0.4, -0.2) is 37.3 Å². The lowest BCUT2D eigenvalue weighted by Crippen LogP contribution is -2.39. The topological polar surface area (TPSA) is 76.0 Å². The molecule has 0 radical (unpaired) electrons. The van der Waals surface area contributed by atoms with E-state index in [2.05, 4.69) is 22.1 Å². The molecule has 0 saturated heterocycles. The van der Waals surface area contributed by atoms with Crippen LogP contribution in [0.3, 0.4) is 0 Å². The zero-order valence-electron chi connectivity index (χ0n) is 12.5. The van der Waals surface area contributed by atoms with Crippen molar-refractivity contribution in [2.45, 2.75) is 56.5 Å². The van der Waals surface area contributed by atoms with E-state index in [1.807, 2.05) is 0 Å². The van der Waals surface area contributed by atoms with Gasteiger partial charge in [-0.2, -0.15) is 5.10 Å². The summed E-state index contributed by atoms with van der Waals surface area (Å²) in [6, 6.07) is 0.661. The van der Waals surface area contributed by atoms with E-state index in [1.54, 1.807) is 10.9 Å². The van der Waals surface area contributed by atoms with Crippen LogP contribution >= 0.6 is 0 Å². The summed E-state index contributed by atoms with van der Waals surface area (Å²) in [7, 11) is -3.43. The van der Waals surface area contributed by atoms with Crippen molar-refractivity contribution in [2.75, 3.05) is 13.1 Å². The molecule has 2 saturated carbocycles. The summed E-state index contributed by atoms with van der Waals surface area (Å²) in [5.41, 5.74) is 0.136. The molecule has 7 heteroatoms. The van der Waals surface area contributed by atoms with Crippen LogP contribution in [-0.2, 0) is 16.6 Å². The molecule has 0 atom stereocenters. The first-order valence-corrected chi connectivity index (χ1v) is 9.21. The van der Waals surface area contributed by atoms with Gasteiger partial charge in [0.05, 0.1) is 12.7 Å². The largest absolute Gasteiger partial charge is 0.312 e. The van der Waals surface area contributed by atoms with E-state index in [9.17, 15) is 8.42 Å². The first-order valence-electron chi connectivity index (χ1n) is 7.72. The molecule has 1 aromatic heterocycles. The van der Waals surface area contributed by atoms with Crippen LogP contribution in [0.5, 0.6) is 0 Å². The SMILES string of the molecule is CC1(CNS(=O)(=O)c2cnn(CCNC3CC3)c2)CCC1.